The van der Waals surface area contributed by atoms with Crippen LogP contribution in [0.3, 0.4) is 0 Å². The van der Waals surface area contributed by atoms with E-state index in [0.29, 0.717) is 0 Å². The molecule has 118 valence electrons. The number of nitrogens with zero attached hydrogens (tertiary/aromatic N) is 1. The maximum atomic E-state index is 12.9. The van der Waals surface area contributed by atoms with E-state index >= 15 is 0 Å². The standard InChI is InChI=1S/C11H9ClF5NO3/c1-20-8(19)3-6-7(21-11(15,16)17)2-5(4-12)18-9(6)10(13)14/h2,10H,3-4H2,1H3. The minimum Gasteiger partial charge on any atom is -0.469 e. The van der Waals surface area contributed by atoms with E-state index in [1.165, 1.54) is 0 Å². The van der Waals surface area contributed by atoms with Gasteiger partial charge in [-0.25, -0.2) is 8.78 Å². The molecule has 0 aliphatic heterocycles. The summed E-state index contributed by atoms with van der Waals surface area (Å²) in [5.41, 5.74) is -1.93. The summed E-state index contributed by atoms with van der Waals surface area (Å²) < 4.78 is 70.8. The maximum absolute atomic E-state index is 12.9. The Labute approximate surface area is 120 Å². The summed E-state index contributed by atoms with van der Waals surface area (Å²) >= 11 is 5.40. The maximum Gasteiger partial charge on any atom is 0.573 e. The Morgan fingerprint density at radius 1 is 1.43 bits per heavy atom. The molecular weight excluding hydrogens is 325 g/mol. The monoisotopic (exact) mass is 333 g/mol. The van der Waals surface area contributed by atoms with Crippen molar-refractivity contribution < 1.29 is 36.2 Å². The number of alkyl halides is 6. The van der Waals surface area contributed by atoms with Gasteiger partial charge in [0.15, 0.2) is 0 Å². The lowest BCUT2D eigenvalue weighted by molar-refractivity contribution is -0.275. The summed E-state index contributed by atoms with van der Waals surface area (Å²) in [5, 5.41) is 0. The van der Waals surface area contributed by atoms with Crippen LogP contribution in [0.15, 0.2) is 6.07 Å². The van der Waals surface area contributed by atoms with Gasteiger partial charge < -0.3 is 9.47 Å². The Kier molecular flexibility index (Phi) is 5.70. The largest absolute Gasteiger partial charge is 0.573 e. The number of esters is 1. The zero-order chi connectivity index (χ0) is 16.2. The van der Waals surface area contributed by atoms with Crippen molar-refractivity contribution in [1.82, 2.24) is 4.98 Å². The first-order chi connectivity index (χ1) is 9.67. The highest BCUT2D eigenvalue weighted by atomic mass is 35.5. The third-order valence-electron chi connectivity index (χ3n) is 2.29. The Hall–Kier alpha value is -1.64. The number of pyridine rings is 1. The van der Waals surface area contributed by atoms with Crippen molar-refractivity contribution in [2.24, 2.45) is 0 Å². The second kappa shape index (κ2) is 6.88. The van der Waals surface area contributed by atoms with E-state index < -0.39 is 48.1 Å². The van der Waals surface area contributed by atoms with Crippen LogP contribution in [-0.4, -0.2) is 24.4 Å². The number of ether oxygens (including phenoxy) is 2. The van der Waals surface area contributed by atoms with Crippen molar-refractivity contribution in [3.8, 4) is 5.75 Å². The van der Waals surface area contributed by atoms with Gasteiger partial charge in [0.05, 0.1) is 25.1 Å². The number of hydrogen-bond donors (Lipinski definition) is 0. The van der Waals surface area contributed by atoms with Crippen molar-refractivity contribution in [3.05, 3.63) is 23.0 Å². The smallest absolute Gasteiger partial charge is 0.469 e. The summed E-state index contributed by atoms with van der Waals surface area (Å²) in [6, 6.07) is 0.755. The molecule has 1 aromatic heterocycles. The van der Waals surface area contributed by atoms with Crippen LogP contribution in [0.5, 0.6) is 5.75 Å². The van der Waals surface area contributed by atoms with Crippen LogP contribution in [0.1, 0.15) is 23.4 Å². The molecule has 0 aliphatic rings. The third kappa shape index (κ3) is 5.00. The fourth-order valence-electron chi connectivity index (χ4n) is 1.48. The van der Waals surface area contributed by atoms with E-state index in [1.807, 2.05) is 0 Å². The molecule has 1 rings (SSSR count). The molecule has 1 heterocycles. The summed E-state index contributed by atoms with van der Waals surface area (Å²) in [7, 11) is 0.967. The molecule has 0 unspecified atom stereocenters. The van der Waals surface area contributed by atoms with E-state index in [2.05, 4.69) is 14.5 Å². The minimum atomic E-state index is -5.12. The van der Waals surface area contributed by atoms with E-state index in [9.17, 15) is 26.7 Å². The first-order valence-electron chi connectivity index (χ1n) is 5.37. The van der Waals surface area contributed by atoms with Gasteiger partial charge in [-0.15, -0.1) is 24.8 Å². The van der Waals surface area contributed by atoms with Crippen molar-refractivity contribution >= 4 is 17.6 Å². The fraction of sp³-hybridized carbons (Fsp3) is 0.455. The molecule has 1 aromatic rings. The molecule has 0 fully saturated rings. The van der Waals surface area contributed by atoms with E-state index in [-0.39, 0.29) is 5.69 Å². The average molecular weight is 334 g/mol. The lowest BCUT2D eigenvalue weighted by Crippen LogP contribution is -2.20. The highest BCUT2D eigenvalue weighted by Gasteiger charge is 2.34. The topological polar surface area (TPSA) is 48.4 Å². The molecule has 0 saturated carbocycles. The lowest BCUT2D eigenvalue weighted by Gasteiger charge is -2.16. The summed E-state index contributed by atoms with van der Waals surface area (Å²) in [4.78, 5) is 14.6. The Bertz CT molecular complexity index is 521. The highest BCUT2D eigenvalue weighted by Crippen LogP contribution is 2.33. The number of carbonyl (C=O) groups excluding carboxylic acids is 1. The molecule has 21 heavy (non-hydrogen) atoms. The molecule has 10 heteroatoms. The fourth-order valence-corrected chi connectivity index (χ4v) is 1.61. The van der Waals surface area contributed by atoms with Crippen LogP contribution >= 0.6 is 11.6 Å². The van der Waals surface area contributed by atoms with Gasteiger partial charge in [-0.3, -0.25) is 9.78 Å². The van der Waals surface area contributed by atoms with Gasteiger partial charge in [-0.2, -0.15) is 0 Å². The van der Waals surface area contributed by atoms with Crippen LogP contribution < -0.4 is 4.74 Å². The normalized spacial score (nSPS) is 11.6. The van der Waals surface area contributed by atoms with Crippen LogP contribution in [0.25, 0.3) is 0 Å². The first-order valence-corrected chi connectivity index (χ1v) is 5.90. The molecule has 4 nitrogen and oxygen atoms in total. The number of halogens is 6. The summed E-state index contributed by atoms with van der Waals surface area (Å²) in [6.07, 6.45) is -9.16. The minimum absolute atomic E-state index is 0.236. The quantitative estimate of drug-likeness (QED) is 0.471. The zero-order valence-corrected chi connectivity index (χ0v) is 11.3. The number of methoxy groups -OCH3 is 1. The molecule has 0 bridgehead atoms. The second-order valence-corrected chi connectivity index (χ2v) is 3.98. The number of carbonyl (C=O) groups is 1. The van der Waals surface area contributed by atoms with Gasteiger partial charge in [0.2, 0.25) is 0 Å². The molecule has 0 aliphatic carbocycles. The van der Waals surface area contributed by atoms with Crippen molar-refractivity contribution in [2.45, 2.75) is 25.1 Å². The van der Waals surface area contributed by atoms with Crippen LogP contribution in [-0.2, 0) is 21.8 Å². The number of hydrogen-bond acceptors (Lipinski definition) is 4. The van der Waals surface area contributed by atoms with Crippen molar-refractivity contribution in [2.75, 3.05) is 7.11 Å². The first kappa shape index (κ1) is 17.4. The highest BCUT2D eigenvalue weighted by molar-refractivity contribution is 6.16. The van der Waals surface area contributed by atoms with Gasteiger partial charge >= 0.3 is 12.3 Å². The second-order valence-electron chi connectivity index (χ2n) is 3.71. The average Bonchev–Trinajstić information content (AvgIpc) is 2.38. The van der Waals surface area contributed by atoms with Crippen LogP contribution in [0.4, 0.5) is 22.0 Å². The summed E-state index contributed by atoms with van der Waals surface area (Å²) in [5.74, 6) is -2.36. The SMILES string of the molecule is COC(=O)Cc1c(OC(F)(F)F)cc(CCl)nc1C(F)F. The molecule has 0 aromatic carbocycles. The van der Waals surface area contributed by atoms with Gasteiger partial charge in [-0.05, 0) is 0 Å². The predicted molar refractivity (Wildman–Crippen MR) is 61.2 cm³/mol. The molecule has 0 N–H and O–H groups in total. The molecule has 0 spiro atoms. The van der Waals surface area contributed by atoms with E-state index in [0.717, 1.165) is 13.2 Å². The van der Waals surface area contributed by atoms with Gasteiger partial charge in [0, 0.05) is 11.6 Å². The van der Waals surface area contributed by atoms with Crippen LogP contribution in [0.2, 0.25) is 0 Å². The Morgan fingerprint density at radius 2 is 2.05 bits per heavy atom. The number of aromatic nitrogens is 1. The van der Waals surface area contributed by atoms with Crippen molar-refractivity contribution in [3.63, 3.8) is 0 Å². The van der Waals surface area contributed by atoms with Crippen molar-refractivity contribution in [1.29, 1.82) is 0 Å². The van der Waals surface area contributed by atoms with Gasteiger partial charge in [0.25, 0.3) is 6.43 Å². The predicted octanol–water partition coefficient (Wildman–Crippen LogP) is 3.37. The van der Waals surface area contributed by atoms with E-state index in [1.54, 1.807) is 0 Å². The summed E-state index contributed by atoms with van der Waals surface area (Å²) in [6.45, 7) is 0. The van der Waals surface area contributed by atoms with Crippen LogP contribution in [0, 0.1) is 0 Å². The zero-order valence-electron chi connectivity index (χ0n) is 10.5. The van der Waals surface area contributed by atoms with Gasteiger partial charge in [0.1, 0.15) is 11.4 Å². The van der Waals surface area contributed by atoms with E-state index in [4.69, 9.17) is 11.6 Å². The molecular formula is C11H9ClF5NO3. The number of rotatable bonds is 5. The Balaban J connectivity index is 3.40. The molecule has 0 amide bonds. The lowest BCUT2D eigenvalue weighted by atomic mass is 10.1. The molecule has 0 saturated heterocycles. The third-order valence-corrected chi connectivity index (χ3v) is 2.56. The molecule has 0 radical (unpaired) electrons. The van der Waals surface area contributed by atoms with Gasteiger partial charge in [-0.1, -0.05) is 0 Å². The molecule has 0 atom stereocenters. The Morgan fingerprint density at radius 3 is 2.48 bits per heavy atom.